The Morgan fingerprint density at radius 2 is 1.70 bits per heavy atom. The Kier molecular flexibility index (Phi) is 7.64. The average molecular weight is 428 g/mol. The van der Waals surface area contributed by atoms with Crippen LogP contribution < -0.4 is 27.4 Å². The minimum atomic E-state index is -0.824. The number of nitrogens with two attached hydrogens (primary N) is 2. The Morgan fingerprint density at radius 1 is 1.07 bits per heavy atom. The van der Waals surface area contributed by atoms with Gasteiger partial charge < -0.3 is 36.9 Å². The first-order chi connectivity index (χ1) is 14.0. The Bertz CT molecular complexity index is 663. The van der Waals surface area contributed by atoms with Crippen molar-refractivity contribution in [3.63, 3.8) is 0 Å². The molecule has 0 aromatic carbocycles. The fraction of sp³-hybridized carbons (Fsp3) is 0.789. The molecule has 0 saturated heterocycles. The third-order valence-electron chi connectivity index (χ3n) is 5.85. The van der Waals surface area contributed by atoms with Crippen LogP contribution in [0.25, 0.3) is 0 Å². The van der Waals surface area contributed by atoms with Crippen LogP contribution in [0.1, 0.15) is 46.0 Å². The van der Waals surface area contributed by atoms with Crippen molar-refractivity contribution < 1.29 is 28.7 Å². The van der Waals surface area contributed by atoms with Gasteiger partial charge in [-0.05, 0) is 38.0 Å². The Labute approximate surface area is 175 Å². The van der Waals surface area contributed by atoms with Gasteiger partial charge in [0.05, 0.1) is 24.2 Å². The summed E-state index contributed by atoms with van der Waals surface area (Å²) in [7, 11) is 1.37. The molecule has 3 rings (SSSR count). The molecule has 30 heavy (non-hydrogen) atoms. The third kappa shape index (κ3) is 5.39. The highest BCUT2D eigenvalue weighted by molar-refractivity contribution is 5.89. The first-order valence-corrected chi connectivity index (χ1v) is 10.1. The van der Waals surface area contributed by atoms with E-state index in [1.54, 1.807) is 0 Å². The van der Waals surface area contributed by atoms with Gasteiger partial charge in [-0.2, -0.15) is 0 Å². The minimum Gasteiger partial charge on any atom is -0.469 e. The first kappa shape index (κ1) is 23.9. The van der Waals surface area contributed by atoms with Gasteiger partial charge in [0.25, 0.3) is 0 Å². The van der Waals surface area contributed by atoms with Crippen LogP contribution >= 0.6 is 0 Å². The van der Waals surface area contributed by atoms with Crippen LogP contribution in [0.5, 0.6) is 0 Å². The molecule has 11 nitrogen and oxygen atoms in total. The van der Waals surface area contributed by atoms with Gasteiger partial charge in [0.1, 0.15) is 12.8 Å². The molecule has 3 aliphatic carbocycles. The molecular formula is C19H33N5O6. The standard InChI is InChI=1S/C19H33N5O6/c1-11(2)13(20)15(26)24-12(5-4-6-22-17(21)28)14(25)23-10-30-19-7-18(8-19,9-19)16(27)29-3/h11-13H,4-10,20H2,1-3H3,(H,23,25)(H,24,26)(H3,21,22,28)/t12-,13-,18?,19?/m0/s1. The molecule has 7 N–H and O–H groups in total. The summed E-state index contributed by atoms with van der Waals surface area (Å²) in [4.78, 5) is 47.4. The Morgan fingerprint density at radius 3 is 2.23 bits per heavy atom. The molecule has 2 atom stereocenters. The number of nitrogens with one attached hydrogen (secondary N) is 3. The van der Waals surface area contributed by atoms with E-state index in [2.05, 4.69) is 16.0 Å². The lowest BCUT2D eigenvalue weighted by atomic mass is 9.41. The zero-order chi connectivity index (χ0) is 22.5. The number of hydrogen-bond acceptors (Lipinski definition) is 7. The van der Waals surface area contributed by atoms with Crippen molar-refractivity contribution in [2.45, 2.75) is 63.6 Å². The van der Waals surface area contributed by atoms with E-state index in [-0.39, 0.29) is 30.8 Å². The van der Waals surface area contributed by atoms with Crippen molar-refractivity contribution in [2.75, 3.05) is 20.4 Å². The van der Waals surface area contributed by atoms with Gasteiger partial charge in [-0.25, -0.2) is 4.79 Å². The molecule has 4 amide bonds. The largest absolute Gasteiger partial charge is 0.469 e. The molecule has 0 aromatic heterocycles. The van der Waals surface area contributed by atoms with Gasteiger partial charge in [-0.3, -0.25) is 14.4 Å². The molecular weight excluding hydrogens is 394 g/mol. The summed E-state index contributed by atoms with van der Waals surface area (Å²) in [6.07, 6.45) is 2.49. The third-order valence-corrected chi connectivity index (χ3v) is 5.85. The second-order valence-corrected chi connectivity index (χ2v) is 8.58. The number of urea groups is 1. The number of rotatable bonds is 12. The van der Waals surface area contributed by atoms with E-state index >= 15 is 0 Å². The van der Waals surface area contributed by atoms with Gasteiger partial charge in [-0.15, -0.1) is 0 Å². The van der Waals surface area contributed by atoms with Crippen LogP contribution in [0.15, 0.2) is 0 Å². The molecule has 0 aromatic rings. The van der Waals surface area contributed by atoms with Gasteiger partial charge in [0.2, 0.25) is 11.8 Å². The minimum absolute atomic E-state index is 0.0295. The maximum Gasteiger partial charge on any atom is 0.312 e. The van der Waals surface area contributed by atoms with Gasteiger partial charge in [0, 0.05) is 6.54 Å². The zero-order valence-electron chi connectivity index (χ0n) is 17.8. The van der Waals surface area contributed by atoms with E-state index in [4.69, 9.17) is 20.9 Å². The summed E-state index contributed by atoms with van der Waals surface area (Å²) >= 11 is 0. The summed E-state index contributed by atoms with van der Waals surface area (Å²) in [5.41, 5.74) is 10.1. The number of esters is 1. The summed E-state index contributed by atoms with van der Waals surface area (Å²) in [5, 5.41) is 7.77. The maximum absolute atomic E-state index is 12.6. The van der Waals surface area contributed by atoms with E-state index in [0.29, 0.717) is 32.1 Å². The van der Waals surface area contributed by atoms with Crippen molar-refractivity contribution >= 4 is 23.8 Å². The number of carbonyl (C=O) groups is 4. The predicted molar refractivity (Wildman–Crippen MR) is 107 cm³/mol. The molecule has 3 aliphatic rings. The molecule has 0 heterocycles. The molecule has 0 spiro atoms. The lowest BCUT2D eigenvalue weighted by Gasteiger charge is -2.67. The fourth-order valence-electron chi connectivity index (χ4n) is 4.02. The van der Waals surface area contributed by atoms with Crippen molar-refractivity contribution in [1.82, 2.24) is 16.0 Å². The van der Waals surface area contributed by atoms with E-state index in [1.807, 2.05) is 13.8 Å². The molecule has 2 bridgehead atoms. The van der Waals surface area contributed by atoms with Crippen molar-refractivity contribution in [3.8, 4) is 0 Å². The van der Waals surface area contributed by atoms with Crippen molar-refractivity contribution in [3.05, 3.63) is 0 Å². The van der Waals surface area contributed by atoms with Gasteiger partial charge in [-0.1, -0.05) is 13.8 Å². The fourth-order valence-corrected chi connectivity index (χ4v) is 4.02. The number of methoxy groups -OCH3 is 1. The second kappa shape index (κ2) is 9.61. The lowest BCUT2D eigenvalue weighted by molar-refractivity contribution is -0.284. The summed E-state index contributed by atoms with van der Waals surface area (Å²) in [5.74, 6) is -1.13. The number of carbonyl (C=O) groups excluding carboxylic acids is 4. The molecule has 170 valence electrons. The SMILES string of the molecule is COC(=O)C12CC(OCNC(=O)[C@H](CCCNC(N)=O)NC(=O)[C@@H](N)C(C)C)(C1)C2. The predicted octanol–water partition coefficient (Wildman–Crippen LogP) is -0.911. The zero-order valence-corrected chi connectivity index (χ0v) is 17.8. The smallest absolute Gasteiger partial charge is 0.312 e. The van der Waals surface area contributed by atoms with Crippen molar-refractivity contribution in [2.24, 2.45) is 22.8 Å². The Hall–Kier alpha value is -2.40. The number of amides is 4. The lowest BCUT2D eigenvalue weighted by Crippen LogP contribution is -2.72. The highest BCUT2D eigenvalue weighted by Crippen LogP contribution is 2.69. The topological polar surface area (TPSA) is 175 Å². The molecule has 11 heteroatoms. The normalized spacial score (nSPS) is 25.9. The van der Waals surface area contributed by atoms with E-state index in [1.165, 1.54) is 7.11 Å². The number of hydrogen-bond donors (Lipinski definition) is 5. The van der Waals surface area contributed by atoms with Crippen LogP contribution in [0.4, 0.5) is 4.79 Å². The maximum atomic E-state index is 12.6. The van der Waals surface area contributed by atoms with E-state index in [9.17, 15) is 19.2 Å². The van der Waals surface area contributed by atoms with Crippen LogP contribution in [0.3, 0.4) is 0 Å². The monoisotopic (exact) mass is 427 g/mol. The first-order valence-electron chi connectivity index (χ1n) is 10.1. The summed E-state index contributed by atoms with van der Waals surface area (Å²) in [6.45, 7) is 3.88. The molecule has 0 radical (unpaired) electrons. The number of ether oxygens (including phenoxy) is 2. The summed E-state index contributed by atoms with van der Waals surface area (Å²) < 4.78 is 10.6. The van der Waals surface area contributed by atoms with Gasteiger partial charge >= 0.3 is 12.0 Å². The van der Waals surface area contributed by atoms with Crippen molar-refractivity contribution in [1.29, 1.82) is 0 Å². The molecule has 0 aliphatic heterocycles. The van der Waals surface area contributed by atoms with E-state index < -0.39 is 35.3 Å². The highest BCUT2D eigenvalue weighted by atomic mass is 16.5. The van der Waals surface area contributed by atoms with Crippen LogP contribution in [-0.4, -0.2) is 61.9 Å². The Balaban J connectivity index is 1.80. The molecule has 3 saturated carbocycles. The number of primary amides is 1. The highest BCUT2D eigenvalue weighted by Gasteiger charge is 2.73. The van der Waals surface area contributed by atoms with Gasteiger partial charge in [0.15, 0.2) is 0 Å². The van der Waals surface area contributed by atoms with Crippen LogP contribution in [-0.2, 0) is 23.9 Å². The second-order valence-electron chi connectivity index (χ2n) is 8.58. The average Bonchev–Trinajstić information content (AvgIpc) is 2.62. The molecule has 3 fully saturated rings. The molecule has 0 unspecified atom stereocenters. The van der Waals surface area contributed by atoms with Crippen LogP contribution in [0.2, 0.25) is 0 Å². The van der Waals surface area contributed by atoms with Crippen LogP contribution in [0, 0.1) is 11.3 Å². The quantitative estimate of drug-likeness (QED) is 0.152. The summed E-state index contributed by atoms with van der Waals surface area (Å²) in [6, 6.07) is -2.22. The van der Waals surface area contributed by atoms with E-state index in [0.717, 1.165) is 0 Å².